The number of carbonyl (C=O) groups excluding carboxylic acids is 2. The van der Waals surface area contributed by atoms with E-state index in [4.69, 9.17) is 4.74 Å². The molecule has 3 aromatic rings. The molecule has 0 aliphatic carbocycles. The van der Waals surface area contributed by atoms with Crippen LogP contribution >= 0.6 is 0 Å². The van der Waals surface area contributed by atoms with Gasteiger partial charge in [0, 0.05) is 23.5 Å². The minimum atomic E-state index is -0.389. The Bertz CT molecular complexity index is 1020. The van der Waals surface area contributed by atoms with Gasteiger partial charge in [-0.25, -0.2) is 4.39 Å². The fraction of sp³-hybridized carbons (Fsp3) is 0.280. The van der Waals surface area contributed by atoms with Crippen LogP contribution in [0.1, 0.15) is 52.1 Å². The number of hydrogen-bond donors (Lipinski definition) is 0. The smallest absolute Gasteiger partial charge is 0.306 e. The number of ketones is 1. The van der Waals surface area contributed by atoms with Crippen LogP contribution in [0.15, 0.2) is 60.7 Å². The van der Waals surface area contributed by atoms with Crippen molar-refractivity contribution in [2.24, 2.45) is 0 Å². The quantitative estimate of drug-likeness (QED) is 0.380. The van der Waals surface area contributed by atoms with Gasteiger partial charge in [-0.2, -0.15) is 0 Å². The first kappa shape index (κ1) is 21.5. The highest BCUT2D eigenvalue weighted by Crippen LogP contribution is 2.20. The van der Waals surface area contributed by atoms with Gasteiger partial charge >= 0.3 is 5.97 Å². The van der Waals surface area contributed by atoms with Crippen LogP contribution in [0, 0.1) is 19.7 Å². The average molecular weight is 407 g/mol. The van der Waals surface area contributed by atoms with Crippen LogP contribution in [-0.4, -0.2) is 22.9 Å². The third-order valence-electron chi connectivity index (χ3n) is 5.33. The summed E-state index contributed by atoms with van der Waals surface area (Å²) >= 11 is 0. The van der Waals surface area contributed by atoms with Crippen molar-refractivity contribution in [3.05, 3.63) is 94.6 Å². The molecule has 156 valence electrons. The molecule has 0 aliphatic rings. The van der Waals surface area contributed by atoms with E-state index in [2.05, 4.69) is 0 Å². The standard InChI is InChI=1S/C25H26FNO3/c1-17(21-7-5-4-6-8-21)13-25(29)30-16-24(28)23-14-18(2)27(19(23)3)15-20-9-11-22(26)12-10-20/h4-12,14,17H,13,15-16H2,1-3H3/t17-/m0/s1. The van der Waals surface area contributed by atoms with Crippen LogP contribution in [0.25, 0.3) is 0 Å². The predicted octanol–water partition coefficient (Wildman–Crippen LogP) is 5.21. The van der Waals surface area contributed by atoms with E-state index in [9.17, 15) is 14.0 Å². The zero-order valence-corrected chi connectivity index (χ0v) is 17.5. The van der Waals surface area contributed by atoms with E-state index in [1.807, 2.05) is 61.7 Å². The molecule has 1 aromatic heterocycles. The summed E-state index contributed by atoms with van der Waals surface area (Å²) in [6, 6.07) is 17.8. The highest BCUT2D eigenvalue weighted by Gasteiger charge is 2.19. The lowest BCUT2D eigenvalue weighted by Gasteiger charge is -2.12. The number of carbonyl (C=O) groups is 2. The molecule has 3 rings (SSSR count). The van der Waals surface area contributed by atoms with Crippen molar-refractivity contribution < 1.29 is 18.7 Å². The van der Waals surface area contributed by atoms with E-state index in [1.165, 1.54) is 12.1 Å². The highest BCUT2D eigenvalue weighted by molar-refractivity contribution is 5.99. The predicted molar refractivity (Wildman–Crippen MR) is 114 cm³/mol. The lowest BCUT2D eigenvalue weighted by atomic mass is 9.98. The summed E-state index contributed by atoms with van der Waals surface area (Å²) in [5.74, 6) is -0.873. The number of rotatable bonds is 8. The molecule has 0 saturated carbocycles. The van der Waals surface area contributed by atoms with Crippen molar-refractivity contribution in [2.75, 3.05) is 6.61 Å². The molecular weight excluding hydrogens is 381 g/mol. The van der Waals surface area contributed by atoms with Gasteiger partial charge in [0.05, 0.1) is 6.42 Å². The highest BCUT2D eigenvalue weighted by atomic mass is 19.1. The Morgan fingerprint density at radius 2 is 1.70 bits per heavy atom. The van der Waals surface area contributed by atoms with Crippen LogP contribution < -0.4 is 0 Å². The number of Topliss-reactive ketones (excluding diaryl/α,β-unsaturated/α-hetero) is 1. The molecule has 0 bridgehead atoms. The Morgan fingerprint density at radius 1 is 1.03 bits per heavy atom. The Morgan fingerprint density at radius 3 is 2.37 bits per heavy atom. The largest absolute Gasteiger partial charge is 0.457 e. The number of halogens is 1. The molecule has 4 nitrogen and oxygen atoms in total. The summed E-state index contributed by atoms with van der Waals surface area (Å²) in [6.45, 7) is 6.01. The Hall–Kier alpha value is -3.21. The molecule has 5 heteroatoms. The molecule has 1 heterocycles. The third-order valence-corrected chi connectivity index (χ3v) is 5.33. The molecule has 30 heavy (non-hydrogen) atoms. The molecule has 0 aliphatic heterocycles. The van der Waals surface area contributed by atoms with E-state index >= 15 is 0 Å². The van der Waals surface area contributed by atoms with Gasteiger partial charge in [0.2, 0.25) is 5.78 Å². The summed E-state index contributed by atoms with van der Waals surface area (Å²) < 4.78 is 20.4. The molecule has 1 atom stereocenters. The van der Waals surface area contributed by atoms with Crippen molar-refractivity contribution >= 4 is 11.8 Å². The summed E-state index contributed by atoms with van der Waals surface area (Å²) in [5, 5.41) is 0. The van der Waals surface area contributed by atoms with Crippen LogP contribution in [0.4, 0.5) is 4.39 Å². The maximum Gasteiger partial charge on any atom is 0.306 e. The van der Waals surface area contributed by atoms with Gasteiger partial charge in [0.1, 0.15) is 5.82 Å². The Labute approximate surface area is 176 Å². The molecule has 2 aromatic carbocycles. The molecule has 0 saturated heterocycles. The number of hydrogen-bond acceptors (Lipinski definition) is 3. The van der Waals surface area contributed by atoms with Gasteiger partial charge in [-0.15, -0.1) is 0 Å². The van der Waals surface area contributed by atoms with E-state index in [-0.39, 0.29) is 36.5 Å². The molecular formula is C25H26FNO3. The maximum atomic E-state index is 13.1. The Kier molecular flexibility index (Phi) is 6.83. The second kappa shape index (κ2) is 9.53. The molecule has 0 spiro atoms. The first-order chi connectivity index (χ1) is 14.3. The first-order valence-electron chi connectivity index (χ1n) is 10.00. The van der Waals surface area contributed by atoms with E-state index in [0.29, 0.717) is 12.1 Å². The van der Waals surface area contributed by atoms with Crippen LogP contribution in [0.5, 0.6) is 0 Å². The molecule has 0 unspecified atom stereocenters. The summed E-state index contributed by atoms with van der Waals surface area (Å²) in [6.07, 6.45) is 0.223. The lowest BCUT2D eigenvalue weighted by molar-refractivity contribution is -0.142. The number of benzene rings is 2. The van der Waals surface area contributed by atoms with E-state index in [1.54, 1.807) is 12.1 Å². The first-order valence-corrected chi connectivity index (χ1v) is 10.00. The molecule has 0 N–H and O–H groups in total. The number of aromatic nitrogens is 1. The average Bonchev–Trinajstić information content (AvgIpc) is 3.02. The molecule has 0 radical (unpaired) electrons. The summed E-state index contributed by atoms with van der Waals surface area (Å²) in [5.41, 5.74) is 4.27. The van der Waals surface area contributed by atoms with Crippen molar-refractivity contribution in [1.29, 1.82) is 0 Å². The summed E-state index contributed by atoms with van der Waals surface area (Å²) in [7, 11) is 0. The monoisotopic (exact) mass is 407 g/mol. The lowest BCUT2D eigenvalue weighted by Crippen LogP contribution is -2.16. The van der Waals surface area contributed by atoms with Crippen molar-refractivity contribution in [3.8, 4) is 0 Å². The van der Waals surface area contributed by atoms with Crippen LogP contribution in [0.3, 0.4) is 0 Å². The number of esters is 1. The zero-order chi connectivity index (χ0) is 21.7. The number of nitrogens with zero attached hydrogens (tertiary/aromatic N) is 1. The maximum absolute atomic E-state index is 13.1. The number of aryl methyl sites for hydroxylation is 1. The topological polar surface area (TPSA) is 48.3 Å². The minimum Gasteiger partial charge on any atom is -0.457 e. The van der Waals surface area contributed by atoms with Gasteiger partial charge in [0.25, 0.3) is 0 Å². The van der Waals surface area contributed by atoms with Gasteiger partial charge in [-0.3, -0.25) is 9.59 Å². The summed E-state index contributed by atoms with van der Waals surface area (Å²) in [4.78, 5) is 24.8. The normalized spacial score (nSPS) is 11.9. The van der Waals surface area contributed by atoms with E-state index < -0.39 is 0 Å². The van der Waals surface area contributed by atoms with Crippen molar-refractivity contribution in [2.45, 2.75) is 39.7 Å². The van der Waals surface area contributed by atoms with Crippen molar-refractivity contribution in [3.63, 3.8) is 0 Å². The minimum absolute atomic E-state index is 0.0228. The van der Waals surface area contributed by atoms with Gasteiger partial charge in [-0.05, 0) is 49.1 Å². The number of ether oxygens (including phenoxy) is 1. The van der Waals surface area contributed by atoms with Gasteiger partial charge < -0.3 is 9.30 Å². The van der Waals surface area contributed by atoms with Gasteiger partial charge in [-0.1, -0.05) is 49.4 Å². The second-order valence-corrected chi connectivity index (χ2v) is 7.60. The molecule has 0 amide bonds. The fourth-order valence-electron chi connectivity index (χ4n) is 3.53. The van der Waals surface area contributed by atoms with Crippen LogP contribution in [0.2, 0.25) is 0 Å². The van der Waals surface area contributed by atoms with Gasteiger partial charge in [0.15, 0.2) is 6.61 Å². The molecule has 0 fully saturated rings. The van der Waals surface area contributed by atoms with Crippen molar-refractivity contribution in [1.82, 2.24) is 4.57 Å². The SMILES string of the molecule is Cc1cc(C(=O)COC(=O)C[C@H](C)c2ccccc2)c(C)n1Cc1ccc(F)cc1. The second-order valence-electron chi connectivity index (χ2n) is 7.60. The fourth-order valence-corrected chi connectivity index (χ4v) is 3.53. The van der Waals surface area contributed by atoms with Crippen LogP contribution in [-0.2, 0) is 16.1 Å². The Balaban J connectivity index is 1.60. The third kappa shape index (κ3) is 5.23. The van der Waals surface area contributed by atoms with E-state index in [0.717, 1.165) is 22.5 Å². The zero-order valence-electron chi connectivity index (χ0n) is 17.5.